The summed E-state index contributed by atoms with van der Waals surface area (Å²) in [6.45, 7) is 11.8. The number of carbonyl (C=O) groups is 1. The van der Waals surface area contributed by atoms with Crippen molar-refractivity contribution in [3.05, 3.63) is 22.3 Å². The fraction of sp³-hybridized carbons (Fsp3) is 0.625. The summed E-state index contributed by atoms with van der Waals surface area (Å²) in [4.78, 5) is 26.7. The van der Waals surface area contributed by atoms with Crippen LogP contribution >= 0.6 is 11.3 Å². The summed E-state index contributed by atoms with van der Waals surface area (Å²) in [6, 6.07) is -0.181. The predicted molar refractivity (Wildman–Crippen MR) is 95.6 cm³/mol. The van der Waals surface area contributed by atoms with Crippen LogP contribution in [0.25, 0.3) is 0 Å². The van der Waals surface area contributed by atoms with Gasteiger partial charge in [0.1, 0.15) is 0 Å². The zero-order valence-electron chi connectivity index (χ0n) is 15.1. The minimum atomic E-state index is -0.181. The molecule has 0 bridgehead atoms. The van der Waals surface area contributed by atoms with Crippen LogP contribution < -0.4 is 5.32 Å². The maximum absolute atomic E-state index is 12.5. The third kappa shape index (κ3) is 4.42. The van der Waals surface area contributed by atoms with E-state index in [0.29, 0.717) is 23.4 Å². The summed E-state index contributed by atoms with van der Waals surface area (Å²) in [7, 11) is 0. The molecule has 1 N–H and O–H groups in total. The number of aryl methyl sites for hydroxylation is 3. The quantitative estimate of drug-likeness (QED) is 0.862. The van der Waals surface area contributed by atoms with Crippen LogP contribution in [0.1, 0.15) is 29.2 Å². The molecule has 0 unspecified atom stereocenters. The fourth-order valence-corrected chi connectivity index (χ4v) is 3.63. The minimum absolute atomic E-state index is 0.00371. The smallest absolute Gasteiger partial charge is 0.243 e. The number of rotatable bonds is 5. The molecule has 136 valence electrons. The topological polar surface area (TPSA) is 87.4 Å². The van der Waals surface area contributed by atoms with Crippen molar-refractivity contribution in [2.24, 2.45) is 0 Å². The summed E-state index contributed by atoms with van der Waals surface area (Å²) >= 11 is 1.52. The van der Waals surface area contributed by atoms with Gasteiger partial charge in [-0.2, -0.15) is 4.98 Å². The lowest BCUT2D eigenvalue weighted by Gasteiger charge is -2.36. The maximum atomic E-state index is 12.5. The van der Waals surface area contributed by atoms with Gasteiger partial charge in [0.25, 0.3) is 0 Å². The fourth-order valence-electron chi connectivity index (χ4n) is 2.82. The largest absolute Gasteiger partial charge is 0.340 e. The Bertz CT molecular complexity index is 715. The molecule has 1 amide bonds. The van der Waals surface area contributed by atoms with Crippen molar-refractivity contribution in [3.63, 3.8) is 0 Å². The first-order chi connectivity index (χ1) is 11.9. The number of piperazine rings is 1. The molecule has 25 heavy (non-hydrogen) atoms. The Morgan fingerprint density at radius 1 is 1.24 bits per heavy atom. The van der Waals surface area contributed by atoms with Crippen molar-refractivity contribution in [1.29, 1.82) is 0 Å². The molecule has 0 saturated carbocycles. The van der Waals surface area contributed by atoms with E-state index < -0.39 is 0 Å². The van der Waals surface area contributed by atoms with Crippen molar-refractivity contribution < 1.29 is 9.32 Å². The average molecular weight is 364 g/mol. The highest BCUT2D eigenvalue weighted by Crippen LogP contribution is 2.21. The molecule has 0 radical (unpaired) electrons. The highest BCUT2D eigenvalue weighted by Gasteiger charge is 2.26. The molecule has 1 saturated heterocycles. The van der Waals surface area contributed by atoms with Gasteiger partial charge in [0.2, 0.25) is 11.8 Å². The van der Waals surface area contributed by atoms with E-state index in [1.807, 2.05) is 20.8 Å². The SMILES string of the molecule is Cc1nc(CN2CCN([C@@H](C)C(=O)Nc3nc(C)c(C)s3)CC2)no1. The molecule has 1 atom stereocenters. The molecule has 8 nitrogen and oxygen atoms in total. The van der Waals surface area contributed by atoms with Crippen molar-refractivity contribution in [1.82, 2.24) is 24.9 Å². The zero-order valence-corrected chi connectivity index (χ0v) is 15.9. The first-order valence-corrected chi connectivity index (χ1v) is 9.24. The number of hydrogen-bond acceptors (Lipinski definition) is 8. The minimum Gasteiger partial charge on any atom is -0.340 e. The van der Waals surface area contributed by atoms with Crippen LogP contribution in [0, 0.1) is 20.8 Å². The number of thiazole rings is 1. The monoisotopic (exact) mass is 364 g/mol. The summed E-state index contributed by atoms with van der Waals surface area (Å²) in [5.41, 5.74) is 0.971. The molecule has 2 aromatic rings. The van der Waals surface area contributed by atoms with E-state index in [9.17, 15) is 4.79 Å². The van der Waals surface area contributed by atoms with Gasteiger partial charge in [-0.25, -0.2) is 4.98 Å². The number of nitrogens with one attached hydrogen (secondary N) is 1. The van der Waals surface area contributed by atoms with Crippen LogP contribution in [0.4, 0.5) is 5.13 Å². The molecule has 2 aromatic heterocycles. The highest BCUT2D eigenvalue weighted by molar-refractivity contribution is 7.15. The summed E-state index contributed by atoms with van der Waals surface area (Å²) < 4.78 is 5.01. The van der Waals surface area contributed by atoms with Crippen LogP contribution in [-0.4, -0.2) is 63.1 Å². The maximum Gasteiger partial charge on any atom is 0.243 e. The average Bonchev–Trinajstić information content (AvgIpc) is 3.12. The molecule has 1 aliphatic rings. The Labute approximate surface area is 151 Å². The van der Waals surface area contributed by atoms with Crippen molar-refractivity contribution in [3.8, 4) is 0 Å². The lowest BCUT2D eigenvalue weighted by molar-refractivity contribution is -0.121. The highest BCUT2D eigenvalue weighted by atomic mass is 32.1. The van der Waals surface area contributed by atoms with Gasteiger partial charge < -0.3 is 9.84 Å². The number of anilines is 1. The third-order valence-electron chi connectivity index (χ3n) is 4.53. The Balaban J connectivity index is 1.48. The zero-order chi connectivity index (χ0) is 18.0. The second-order valence-corrected chi connectivity index (χ2v) is 7.57. The van der Waals surface area contributed by atoms with Crippen LogP contribution in [-0.2, 0) is 11.3 Å². The molecule has 0 aliphatic carbocycles. The molecular weight excluding hydrogens is 340 g/mol. The normalized spacial score (nSPS) is 17.6. The van der Waals surface area contributed by atoms with E-state index in [1.165, 1.54) is 11.3 Å². The third-order valence-corrected chi connectivity index (χ3v) is 5.52. The molecule has 0 spiro atoms. The Morgan fingerprint density at radius 3 is 2.52 bits per heavy atom. The van der Waals surface area contributed by atoms with E-state index in [2.05, 4.69) is 30.2 Å². The van der Waals surface area contributed by atoms with Crippen LogP contribution in [0.3, 0.4) is 0 Å². The summed E-state index contributed by atoms with van der Waals surface area (Å²) in [5, 5.41) is 7.55. The van der Waals surface area contributed by atoms with Crippen molar-refractivity contribution in [2.45, 2.75) is 40.3 Å². The second-order valence-electron chi connectivity index (χ2n) is 6.37. The van der Waals surface area contributed by atoms with E-state index in [1.54, 1.807) is 6.92 Å². The van der Waals surface area contributed by atoms with Gasteiger partial charge in [-0.15, -0.1) is 11.3 Å². The van der Waals surface area contributed by atoms with Gasteiger partial charge in [0.05, 0.1) is 18.3 Å². The predicted octanol–water partition coefficient (Wildman–Crippen LogP) is 1.60. The van der Waals surface area contributed by atoms with Gasteiger partial charge in [-0.05, 0) is 20.8 Å². The van der Waals surface area contributed by atoms with Gasteiger partial charge in [0, 0.05) is 38.0 Å². The van der Waals surface area contributed by atoms with Crippen LogP contribution in [0.2, 0.25) is 0 Å². The number of amides is 1. The Morgan fingerprint density at radius 2 is 1.96 bits per heavy atom. The molecule has 3 rings (SSSR count). The van der Waals surface area contributed by atoms with Gasteiger partial charge in [-0.3, -0.25) is 14.6 Å². The van der Waals surface area contributed by atoms with Gasteiger partial charge >= 0.3 is 0 Å². The van der Waals surface area contributed by atoms with Crippen molar-refractivity contribution >= 4 is 22.4 Å². The van der Waals surface area contributed by atoms with Gasteiger partial charge in [-0.1, -0.05) is 5.16 Å². The van der Waals surface area contributed by atoms with Crippen molar-refractivity contribution in [2.75, 3.05) is 31.5 Å². The van der Waals surface area contributed by atoms with E-state index >= 15 is 0 Å². The Hall–Kier alpha value is -1.84. The van der Waals surface area contributed by atoms with E-state index in [4.69, 9.17) is 4.52 Å². The van der Waals surface area contributed by atoms with Crippen LogP contribution in [0.5, 0.6) is 0 Å². The van der Waals surface area contributed by atoms with Crippen LogP contribution in [0.15, 0.2) is 4.52 Å². The first kappa shape index (κ1) is 18.0. The summed E-state index contributed by atoms with van der Waals surface area (Å²) in [5.74, 6) is 1.30. The van der Waals surface area contributed by atoms with E-state index in [-0.39, 0.29) is 11.9 Å². The van der Waals surface area contributed by atoms with Gasteiger partial charge in [0.15, 0.2) is 11.0 Å². The summed E-state index contributed by atoms with van der Waals surface area (Å²) in [6.07, 6.45) is 0. The molecule has 3 heterocycles. The Kier molecular flexibility index (Phi) is 5.45. The number of nitrogens with zero attached hydrogens (tertiary/aromatic N) is 5. The molecule has 0 aromatic carbocycles. The first-order valence-electron chi connectivity index (χ1n) is 8.43. The molecular formula is C16H24N6O2S. The number of carbonyl (C=O) groups excluding carboxylic acids is 1. The molecule has 1 aliphatic heterocycles. The molecule has 9 heteroatoms. The number of hydrogen-bond donors (Lipinski definition) is 1. The second kappa shape index (κ2) is 7.59. The number of aromatic nitrogens is 3. The van der Waals surface area contributed by atoms with E-state index in [0.717, 1.165) is 36.8 Å². The molecule has 1 fully saturated rings. The lowest BCUT2D eigenvalue weighted by atomic mass is 10.2. The standard InChI is InChI=1S/C16H24N6O2S/c1-10-12(3)25-16(17-10)19-15(23)11(2)22-7-5-21(6-8-22)9-14-18-13(4)24-20-14/h11H,5-9H2,1-4H3,(H,17,19,23)/t11-/m0/s1. The lowest BCUT2D eigenvalue weighted by Crippen LogP contribution is -2.52.